The third kappa shape index (κ3) is 3.18. The quantitative estimate of drug-likeness (QED) is 0.810. The third-order valence-corrected chi connectivity index (χ3v) is 5.36. The van der Waals surface area contributed by atoms with Gasteiger partial charge in [-0.05, 0) is 39.0 Å². The lowest BCUT2D eigenvalue weighted by Crippen LogP contribution is -2.41. The number of hydrogen-bond acceptors (Lipinski definition) is 3. The predicted octanol–water partition coefficient (Wildman–Crippen LogP) is 3.82. The smallest absolute Gasteiger partial charge is 0.157 e. The third-order valence-electron chi connectivity index (χ3n) is 4.21. The molecular formula is C14H26N2S. The SMILES string of the molecule is CCC(C)(C)NC1=NC2(CCCC(C)C2)CS1. The summed E-state index contributed by atoms with van der Waals surface area (Å²) in [5.74, 6) is 2.05. The van der Waals surface area contributed by atoms with E-state index in [1.807, 2.05) is 11.8 Å². The largest absolute Gasteiger partial charge is 0.360 e. The number of aliphatic imine (C=N–C) groups is 1. The van der Waals surface area contributed by atoms with E-state index in [1.54, 1.807) is 0 Å². The highest BCUT2D eigenvalue weighted by molar-refractivity contribution is 8.14. The number of thioether (sulfide) groups is 1. The molecule has 17 heavy (non-hydrogen) atoms. The van der Waals surface area contributed by atoms with Crippen LogP contribution in [0.3, 0.4) is 0 Å². The van der Waals surface area contributed by atoms with Crippen LogP contribution >= 0.6 is 11.8 Å². The summed E-state index contributed by atoms with van der Waals surface area (Å²) in [6.45, 7) is 9.11. The zero-order valence-corrected chi connectivity index (χ0v) is 12.5. The highest BCUT2D eigenvalue weighted by Gasteiger charge is 2.39. The summed E-state index contributed by atoms with van der Waals surface area (Å²) in [5, 5.41) is 4.79. The molecule has 0 aromatic carbocycles. The Kier molecular flexibility index (Phi) is 3.77. The lowest BCUT2D eigenvalue weighted by atomic mass is 9.78. The molecule has 0 aromatic rings. The summed E-state index contributed by atoms with van der Waals surface area (Å²) >= 11 is 1.93. The van der Waals surface area contributed by atoms with Gasteiger partial charge >= 0.3 is 0 Å². The predicted molar refractivity (Wildman–Crippen MR) is 77.8 cm³/mol. The first-order chi connectivity index (χ1) is 7.95. The maximum absolute atomic E-state index is 5.03. The second-order valence-electron chi connectivity index (χ2n) is 6.49. The molecule has 0 bridgehead atoms. The fraction of sp³-hybridized carbons (Fsp3) is 0.929. The molecule has 98 valence electrons. The van der Waals surface area contributed by atoms with Crippen molar-refractivity contribution in [3.63, 3.8) is 0 Å². The standard InChI is InChI=1S/C14H26N2S/c1-5-13(3,4)15-12-16-14(10-17-12)8-6-7-11(2)9-14/h11H,5-10H2,1-4H3,(H,15,16). The number of rotatable bonds is 2. The molecule has 1 aliphatic heterocycles. The molecule has 2 unspecified atom stereocenters. The first kappa shape index (κ1) is 13.3. The van der Waals surface area contributed by atoms with Gasteiger partial charge in [0.25, 0.3) is 0 Å². The van der Waals surface area contributed by atoms with E-state index in [4.69, 9.17) is 4.99 Å². The van der Waals surface area contributed by atoms with Gasteiger partial charge in [-0.25, -0.2) is 0 Å². The molecule has 1 aliphatic carbocycles. The first-order valence-corrected chi connectivity index (χ1v) is 7.94. The summed E-state index contributed by atoms with van der Waals surface area (Å²) in [6, 6.07) is 0. The van der Waals surface area contributed by atoms with Crippen molar-refractivity contribution in [2.45, 2.75) is 70.9 Å². The molecule has 2 nitrogen and oxygen atoms in total. The molecule has 1 N–H and O–H groups in total. The molecule has 1 fully saturated rings. The Morgan fingerprint density at radius 1 is 1.53 bits per heavy atom. The van der Waals surface area contributed by atoms with Crippen LogP contribution in [0.2, 0.25) is 0 Å². The van der Waals surface area contributed by atoms with Crippen molar-refractivity contribution in [3.8, 4) is 0 Å². The number of nitrogens with zero attached hydrogens (tertiary/aromatic N) is 1. The second kappa shape index (κ2) is 4.83. The van der Waals surface area contributed by atoms with Gasteiger partial charge < -0.3 is 5.32 Å². The minimum atomic E-state index is 0.178. The van der Waals surface area contributed by atoms with Gasteiger partial charge in [-0.15, -0.1) is 0 Å². The van der Waals surface area contributed by atoms with Crippen molar-refractivity contribution in [2.24, 2.45) is 10.9 Å². The van der Waals surface area contributed by atoms with Gasteiger partial charge in [0.05, 0.1) is 5.54 Å². The van der Waals surface area contributed by atoms with E-state index in [0.29, 0.717) is 0 Å². The van der Waals surface area contributed by atoms with Crippen molar-refractivity contribution in [1.82, 2.24) is 5.32 Å². The zero-order chi connectivity index (χ0) is 12.5. The molecule has 2 rings (SSSR count). The van der Waals surface area contributed by atoms with Crippen molar-refractivity contribution in [2.75, 3.05) is 5.75 Å². The van der Waals surface area contributed by atoms with Gasteiger partial charge in [0, 0.05) is 11.3 Å². The van der Waals surface area contributed by atoms with Crippen LogP contribution < -0.4 is 5.32 Å². The van der Waals surface area contributed by atoms with Gasteiger partial charge in [0.15, 0.2) is 5.17 Å². The van der Waals surface area contributed by atoms with Crippen LogP contribution in [0.1, 0.15) is 59.8 Å². The fourth-order valence-corrected chi connectivity index (χ4v) is 4.13. The Hall–Kier alpha value is -0.180. The second-order valence-corrected chi connectivity index (χ2v) is 7.46. The minimum Gasteiger partial charge on any atom is -0.360 e. The summed E-state index contributed by atoms with van der Waals surface area (Å²) < 4.78 is 0. The molecule has 0 saturated heterocycles. The maximum atomic E-state index is 5.03. The molecule has 0 aromatic heterocycles. The summed E-state index contributed by atoms with van der Waals surface area (Å²) in [7, 11) is 0. The van der Waals surface area contributed by atoms with Crippen LogP contribution in [0.4, 0.5) is 0 Å². The number of nitrogens with one attached hydrogen (secondary N) is 1. The molecule has 2 aliphatic rings. The lowest BCUT2D eigenvalue weighted by Gasteiger charge is -2.33. The Labute approximate surface area is 110 Å². The van der Waals surface area contributed by atoms with Crippen LogP contribution in [0.25, 0.3) is 0 Å². The monoisotopic (exact) mass is 254 g/mol. The minimum absolute atomic E-state index is 0.178. The van der Waals surface area contributed by atoms with Crippen LogP contribution in [-0.2, 0) is 0 Å². The van der Waals surface area contributed by atoms with E-state index in [-0.39, 0.29) is 11.1 Å². The molecule has 0 radical (unpaired) electrons. The Balaban J connectivity index is 2.02. The van der Waals surface area contributed by atoms with E-state index in [2.05, 4.69) is 33.0 Å². The average Bonchev–Trinajstić information content (AvgIpc) is 2.60. The number of hydrogen-bond donors (Lipinski definition) is 1. The molecule has 1 saturated carbocycles. The van der Waals surface area contributed by atoms with Crippen LogP contribution in [0.5, 0.6) is 0 Å². The fourth-order valence-electron chi connectivity index (χ4n) is 2.79. The zero-order valence-electron chi connectivity index (χ0n) is 11.7. The topological polar surface area (TPSA) is 24.4 Å². The van der Waals surface area contributed by atoms with Gasteiger partial charge in [0.2, 0.25) is 0 Å². The van der Waals surface area contributed by atoms with Gasteiger partial charge in [-0.3, -0.25) is 4.99 Å². The van der Waals surface area contributed by atoms with Gasteiger partial charge in [-0.1, -0.05) is 38.5 Å². The van der Waals surface area contributed by atoms with Gasteiger partial charge in [-0.2, -0.15) is 0 Å². The summed E-state index contributed by atoms with van der Waals surface area (Å²) in [4.78, 5) is 5.03. The molecule has 0 amide bonds. The molecular weight excluding hydrogens is 228 g/mol. The highest BCUT2D eigenvalue weighted by Crippen LogP contribution is 2.41. The maximum Gasteiger partial charge on any atom is 0.157 e. The molecule has 1 heterocycles. The summed E-state index contributed by atoms with van der Waals surface area (Å²) in [6.07, 6.45) is 6.47. The highest BCUT2D eigenvalue weighted by atomic mass is 32.2. The molecule has 2 atom stereocenters. The van der Waals surface area contributed by atoms with Crippen molar-refractivity contribution in [3.05, 3.63) is 0 Å². The lowest BCUT2D eigenvalue weighted by molar-refractivity contribution is 0.265. The summed E-state index contributed by atoms with van der Waals surface area (Å²) in [5.41, 5.74) is 0.451. The Morgan fingerprint density at radius 2 is 2.29 bits per heavy atom. The first-order valence-electron chi connectivity index (χ1n) is 6.96. The Morgan fingerprint density at radius 3 is 2.94 bits per heavy atom. The van der Waals surface area contributed by atoms with E-state index in [0.717, 1.165) is 12.3 Å². The number of amidine groups is 1. The Bertz CT molecular complexity index is 311. The van der Waals surface area contributed by atoms with E-state index < -0.39 is 0 Å². The van der Waals surface area contributed by atoms with Crippen molar-refractivity contribution in [1.29, 1.82) is 0 Å². The normalized spacial score (nSPS) is 33.9. The van der Waals surface area contributed by atoms with Crippen molar-refractivity contribution < 1.29 is 0 Å². The van der Waals surface area contributed by atoms with E-state index in [9.17, 15) is 0 Å². The van der Waals surface area contributed by atoms with Gasteiger partial charge in [0.1, 0.15) is 0 Å². The van der Waals surface area contributed by atoms with E-state index >= 15 is 0 Å². The van der Waals surface area contributed by atoms with E-state index in [1.165, 1.54) is 36.6 Å². The molecule has 3 heteroatoms. The molecule has 1 spiro atoms. The van der Waals surface area contributed by atoms with Crippen LogP contribution in [-0.4, -0.2) is 22.0 Å². The van der Waals surface area contributed by atoms with Crippen molar-refractivity contribution >= 4 is 16.9 Å². The van der Waals surface area contributed by atoms with Crippen LogP contribution in [0, 0.1) is 5.92 Å². The average molecular weight is 254 g/mol. The van der Waals surface area contributed by atoms with Crippen LogP contribution in [0.15, 0.2) is 4.99 Å².